The zero-order chi connectivity index (χ0) is 18.3. The van der Waals surface area contributed by atoms with Crippen molar-refractivity contribution in [3.05, 3.63) is 52.2 Å². The van der Waals surface area contributed by atoms with Gasteiger partial charge in [-0.2, -0.15) is 0 Å². The number of nitrogens with one attached hydrogen (secondary N) is 1. The first kappa shape index (κ1) is 18.8. The van der Waals surface area contributed by atoms with E-state index in [-0.39, 0.29) is 18.9 Å². The Morgan fingerprint density at radius 3 is 2.56 bits per heavy atom. The number of carbonyl (C=O) groups is 1. The summed E-state index contributed by atoms with van der Waals surface area (Å²) in [5.74, 6) is -0.706. The van der Waals surface area contributed by atoms with E-state index in [4.69, 9.17) is 4.84 Å². The molecule has 0 aliphatic carbocycles. The zero-order valence-corrected chi connectivity index (χ0v) is 14.0. The van der Waals surface area contributed by atoms with E-state index in [1.165, 1.54) is 35.6 Å². The third-order valence-corrected chi connectivity index (χ3v) is 3.90. The molecular weight excluding hydrogens is 357 g/mol. The number of amides is 1. The van der Waals surface area contributed by atoms with Gasteiger partial charge in [0.25, 0.3) is 5.91 Å². The maximum absolute atomic E-state index is 12.1. The first-order valence-electron chi connectivity index (χ1n) is 7.15. The highest BCUT2D eigenvalue weighted by molar-refractivity contribution is 7.12. The number of hydrogen-bond acceptors (Lipinski definition) is 5. The molecule has 5 nitrogen and oxygen atoms in total. The van der Waals surface area contributed by atoms with Crippen LogP contribution in [0.15, 0.2) is 46.9 Å². The van der Waals surface area contributed by atoms with Crippen molar-refractivity contribution in [3.8, 4) is 5.75 Å². The summed E-state index contributed by atoms with van der Waals surface area (Å²) in [6.45, 7) is 1.68. The van der Waals surface area contributed by atoms with E-state index in [1.807, 2.05) is 17.5 Å². The molecule has 1 aromatic carbocycles. The molecule has 0 atom stereocenters. The minimum Gasteiger partial charge on any atom is -0.406 e. The van der Waals surface area contributed by atoms with Gasteiger partial charge in [-0.1, -0.05) is 23.4 Å². The highest BCUT2D eigenvalue weighted by atomic mass is 32.1. The molecule has 0 bridgehead atoms. The Hall–Kier alpha value is -2.55. The molecule has 0 fully saturated rings. The molecular formula is C16H15F3N2O3S. The monoisotopic (exact) mass is 372 g/mol. The minimum atomic E-state index is -4.73. The minimum absolute atomic E-state index is 0.155. The number of carbonyl (C=O) groups excluding carboxylic acids is 1. The summed E-state index contributed by atoms with van der Waals surface area (Å²) in [6, 6.07) is 9.00. The van der Waals surface area contributed by atoms with Crippen LogP contribution in [0.3, 0.4) is 0 Å². The summed E-state index contributed by atoms with van der Waals surface area (Å²) in [6.07, 6.45) is -4.73. The highest BCUT2D eigenvalue weighted by Crippen LogP contribution is 2.22. The predicted octanol–water partition coefficient (Wildman–Crippen LogP) is 3.70. The van der Waals surface area contributed by atoms with Gasteiger partial charge in [-0.15, -0.1) is 24.5 Å². The van der Waals surface area contributed by atoms with E-state index in [2.05, 4.69) is 15.2 Å². The van der Waals surface area contributed by atoms with E-state index in [1.54, 1.807) is 6.92 Å². The van der Waals surface area contributed by atoms with Crippen LogP contribution < -0.4 is 10.1 Å². The lowest BCUT2D eigenvalue weighted by Gasteiger charge is -2.09. The molecule has 1 amide bonds. The van der Waals surface area contributed by atoms with Crippen LogP contribution in [0.2, 0.25) is 0 Å². The second-order valence-corrected chi connectivity index (χ2v) is 5.84. The number of thiophene rings is 1. The zero-order valence-electron chi connectivity index (χ0n) is 13.2. The van der Waals surface area contributed by atoms with Gasteiger partial charge < -0.3 is 14.9 Å². The third-order valence-electron chi connectivity index (χ3n) is 2.92. The van der Waals surface area contributed by atoms with E-state index < -0.39 is 12.3 Å². The molecule has 0 spiro atoms. The predicted molar refractivity (Wildman–Crippen MR) is 87.5 cm³/mol. The molecule has 1 N–H and O–H groups in total. The van der Waals surface area contributed by atoms with Gasteiger partial charge >= 0.3 is 6.36 Å². The smallest absolute Gasteiger partial charge is 0.406 e. The molecule has 0 aliphatic heterocycles. The van der Waals surface area contributed by atoms with E-state index >= 15 is 0 Å². The van der Waals surface area contributed by atoms with Crippen LogP contribution in [0, 0.1) is 0 Å². The summed E-state index contributed by atoms with van der Waals surface area (Å²) >= 11 is 1.51. The highest BCUT2D eigenvalue weighted by Gasteiger charge is 2.30. The maximum atomic E-state index is 12.1. The van der Waals surface area contributed by atoms with Crippen molar-refractivity contribution >= 4 is 23.0 Å². The Bertz CT molecular complexity index is 713. The summed E-state index contributed by atoms with van der Waals surface area (Å²) in [5, 5.41) is 8.34. The fraction of sp³-hybridized carbons (Fsp3) is 0.250. The normalized spacial score (nSPS) is 11.9. The standard InChI is InChI=1S/C16H15F3N2O3S/c1-11(14-3-2-8-25-14)21-23-10-15(22)20-9-12-4-6-13(7-5-12)24-16(17,18)19/h2-8H,9-10H2,1H3,(H,20,22). The van der Waals surface area contributed by atoms with Crippen LogP contribution in [-0.4, -0.2) is 24.6 Å². The first-order chi connectivity index (χ1) is 11.8. The molecule has 1 aromatic heterocycles. The van der Waals surface area contributed by atoms with Gasteiger partial charge in [0.2, 0.25) is 0 Å². The topological polar surface area (TPSA) is 59.9 Å². The molecule has 0 radical (unpaired) electrons. The van der Waals surface area contributed by atoms with Crippen molar-refractivity contribution in [2.24, 2.45) is 5.16 Å². The van der Waals surface area contributed by atoms with Gasteiger partial charge in [0.1, 0.15) is 5.75 Å². The Kier molecular flexibility index (Phi) is 6.40. The molecule has 134 valence electrons. The quantitative estimate of drug-likeness (QED) is 0.596. The summed E-state index contributed by atoms with van der Waals surface area (Å²) in [7, 11) is 0. The fourth-order valence-electron chi connectivity index (χ4n) is 1.78. The number of rotatable bonds is 7. The van der Waals surface area contributed by atoms with Gasteiger partial charge in [-0.3, -0.25) is 4.79 Å². The maximum Gasteiger partial charge on any atom is 0.573 e. The van der Waals surface area contributed by atoms with Crippen molar-refractivity contribution in [2.75, 3.05) is 6.61 Å². The number of alkyl halides is 3. The largest absolute Gasteiger partial charge is 0.573 e. The van der Waals surface area contributed by atoms with E-state index in [9.17, 15) is 18.0 Å². The van der Waals surface area contributed by atoms with Gasteiger partial charge in [-0.25, -0.2) is 0 Å². The first-order valence-corrected chi connectivity index (χ1v) is 8.03. The van der Waals surface area contributed by atoms with Crippen molar-refractivity contribution in [1.82, 2.24) is 5.32 Å². The Labute approximate surface area is 146 Å². The number of hydrogen-bond donors (Lipinski definition) is 1. The molecule has 1 heterocycles. The van der Waals surface area contributed by atoms with E-state index in [0.29, 0.717) is 11.3 Å². The molecule has 25 heavy (non-hydrogen) atoms. The second-order valence-electron chi connectivity index (χ2n) is 4.90. The van der Waals surface area contributed by atoms with Crippen molar-refractivity contribution in [1.29, 1.82) is 0 Å². The molecule has 0 saturated carbocycles. The van der Waals surface area contributed by atoms with Gasteiger partial charge in [0.05, 0.1) is 10.6 Å². The summed E-state index contributed by atoms with van der Waals surface area (Å²) < 4.78 is 39.9. The lowest BCUT2D eigenvalue weighted by Crippen LogP contribution is -2.26. The number of benzene rings is 1. The second kappa shape index (κ2) is 8.52. The average molecular weight is 372 g/mol. The summed E-state index contributed by atoms with van der Waals surface area (Å²) in [5.41, 5.74) is 1.30. The van der Waals surface area contributed by atoms with Gasteiger partial charge in [0, 0.05) is 6.54 Å². The lowest BCUT2D eigenvalue weighted by molar-refractivity contribution is -0.274. The molecule has 0 unspecified atom stereocenters. The van der Waals surface area contributed by atoms with Crippen LogP contribution >= 0.6 is 11.3 Å². The lowest BCUT2D eigenvalue weighted by atomic mass is 10.2. The average Bonchev–Trinajstić information content (AvgIpc) is 3.07. The van der Waals surface area contributed by atoms with Crippen LogP contribution in [0.1, 0.15) is 17.4 Å². The molecule has 2 rings (SSSR count). The van der Waals surface area contributed by atoms with Crippen molar-refractivity contribution in [3.63, 3.8) is 0 Å². The van der Waals surface area contributed by atoms with Crippen LogP contribution in [-0.2, 0) is 16.2 Å². The summed E-state index contributed by atoms with van der Waals surface area (Å²) in [4.78, 5) is 17.6. The number of halogens is 3. The van der Waals surface area contributed by atoms with Crippen LogP contribution in [0.5, 0.6) is 5.75 Å². The Morgan fingerprint density at radius 2 is 1.96 bits per heavy atom. The molecule has 0 saturated heterocycles. The third kappa shape index (κ3) is 6.84. The van der Waals surface area contributed by atoms with Gasteiger partial charge in [-0.05, 0) is 36.1 Å². The van der Waals surface area contributed by atoms with Crippen molar-refractivity contribution < 1.29 is 27.5 Å². The Morgan fingerprint density at radius 1 is 1.24 bits per heavy atom. The number of nitrogens with zero attached hydrogens (tertiary/aromatic N) is 1. The Balaban J connectivity index is 1.73. The SMILES string of the molecule is CC(=NOCC(=O)NCc1ccc(OC(F)(F)F)cc1)c1cccs1. The number of ether oxygens (including phenoxy) is 1. The fourth-order valence-corrected chi connectivity index (χ4v) is 2.45. The number of oxime groups is 1. The van der Waals surface area contributed by atoms with Gasteiger partial charge in [0.15, 0.2) is 6.61 Å². The van der Waals surface area contributed by atoms with Crippen molar-refractivity contribution in [2.45, 2.75) is 19.8 Å². The molecule has 2 aromatic rings. The molecule has 0 aliphatic rings. The van der Waals surface area contributed by atoms with Crippen LogP contribution in [0.4, 0.5) is 13.2 Å². The molecule has 9 heteroatoms. The van der Waals surface area contributed by atoms with Crippen LogP contribution in [0.25, 0.3) is 0 Å². The van der Waals surface area contributed by atoms with E-state index in [0.717, 1.165) is 4.88 Å².